The van der Waals surface area contributed by atoms with Gasteiger partial charge in [0, 0.05) is 0 Å². The van der Waals surface area contributed by atoms with Crippen molar-refractivity contribution in [3.8, 4) is 11.8 Å². The molecule has 0 aliphatic carbocycles. The lowest BCUT2D eigenvalue weighted by molar-refractivity contribution is -0.139. The van der Waals surface area contributed by atoms with Gasteiger partial charge in [-0.25, -0.2) is 0 Å². The molecule has 0 bridgehead atoms. The largest absolute Gasteiger partial charge is 0.497 e. The quantitative estimate of drug-likeness (QED) is 0.811. The second-order valence-electron chi connectivity index (χ2n) is 3.47. The number of hydrogen-bond donors (Lipinski definition) is 2. The third kappa shape index (κ3) is 2.91. The van der Waals surface area contributed by atoms with Gasteiger partial charge < -0.3 is 14.9 Å². The van der Waals surface area contributed by atoms with E-state index in [9.17, 15) is 18.3 Å². The molecule has 0 aliphatic rings. The van der Waals surface area contributed by atoms with Crippen LogP contribution >= 0.6 is 0 Å². The van der Waals surface area contributed by atoms with Crippen molar-refractivity contribution in [2.24, 2.45) is 0 Å². The summed E-state index contributed by atoms with van der Waals surface area (Å²) in [5.74, 6) is -0.0373. The highest BCUT2D eigenvalue weighted by Crippen LogP contribution is 2.37. The second-order valence-corrected chi connectivity index (χ2v) is 3.47. The molecule has 2 N–H and O–H groups in total. The van der Waals surface area contributed by atoms with Crippen molar-refractivity contribution in [1.29, 1.82) is 5.26 Å². The molecule has 4 nitrogen and oxygen atoms in total. The lowest BCUT2D eigenvalue weighted by atomic mass is 9.98. The molecule has 0 amide bonds. The highest BCUT2D eigenvalue weighted by Gasteiger charge is 2.36. The number of nitriles is 1. The number of rotatable bonds is 3. The zero-order chi connectivity index (χ0) is 13.9. The fourth-order valence-electron chi connectivity index (χ4n) is 1.41. The van der Waals surface area contributed by atoms with Crippen molar-refractivity contribution < 1.29 is 28.1 Å². The molecule has 0 aliphatic heterocycles. The van der Waals surface area contributed by atoms with Gasteiger partial charge >= 0.3 is 6.18 Å². The molecule has 98 valence electrons. The maximum Gasteiger partial charge on any atom is 0.416 e. The second kappa shape index (κ2) is 5.25. The van der Waals surface area contributed by atoms with Crippen LogP contribution in [0.1, 0.15) is 17.2 Å². The smallest absolute Gasteiger partial charge is 0.416 e. The van der Waals surface area contributed by atoms with Crippen LogP contribution in [0.15, 0.2) is 18.2 Å². The van der Waals surface area contributed by atoms with Gasteiger partial charge in [-0.3, -0.25) is 0 Å². The summed E-state index contributed by atoms with van der Waals surface area (Å²) in [7, 11) is 1.20. The van der Waals surface area contributed by atoms with E-state index in [1.807, 2.05) is 0 Å². The van der Waals surface area contributed by atoms with Crippen molar-refractivity contribution in [3.05, 3.63) is 29.3 Å². The third-order valence-electron chi connectivity index (χ3n) is 2.32. The molecule has 1 aromatic carbocycles. The number of hydrogen-bond acceptors (Lipinski definition) is 4. The van der Waals surface area contributed by atoms with Gasteiger partial charge in [-0.15, -0.1) is 0 Å². The Bertz CT molecular complexity index is 468. The molecule has 7 heteroatoms. The summed E-state index contributed by atoms with van der Waals surface area (Å²) in [6, 6.07) is 4.15. The van der Waals surface area contributed by atoms with Crippen molar-refractivity contribution in [1.82, 2.24) is 0 Å². The van der Waals surface area contributed by atoms with Gasteiger partial charge in [-0.1, -0.05) is 6.07 Å². The monoisotopic (exact) mass is 261 g/mol. The number of benzene rings is 1. The van der Waals surface area contributed by atoms with Gasteiger partial charge in [0.05, 0.1) is 18.7 Å². The van der Waals surface area contributed by atoms with E-state index in [0.717, 1.165) is 6.07 Å². The minimum Gasteiger partial charge on any atom is -0.497 e. The molecule has 0 saturated carbocycles. The third-order valence-corrected chi connectivity index (χ3v) is 2.32. The predicted octanol–water partition coefficient (Wildman–Crippen LogP) is 1.63. The molecule has 2 unspecified atom stereocenters. The number of halogens is 3. The van der Waals surface area contributed by atoms with Gasteiger partial charge in [0.25, 0.3) is 0 Å². The van der Waals surface area contributed by atoms with E-state index >= 15 is 0 Å². The standard InChI is InChI=1S/C11H10F3NO3/c1-18-6-2-3-7(10(17)9(16)5-15)8(4-6)11(12,13)14/h2-4,9-10,16-17H,1H3. The number of nitrogens with zero attached hydrogens (tertiary/aromatic N) is 1. The highest BCUT2D eigenvalue weighted by atomic mass is 19.4. The summed E-state index contributed by atoms with van der Waals surface area (Å²) in [6.45, 7) is 0. The number of aliphatic hydroxyl groups is 2. The normalized spacial score (nSPS) is 14.7. The summed E-state index contributed by atoms with van der Waals surface area (Å²) >= 11 is 0. The van der Waals surface area contributed by atoms with Gasteiger partial charge in [-0.2, -0.15) is 18.4 Å². The first-order valence-corrected chi connectivity index (χ1v) is 4.82. The Balaban J connectivity index is 3.32. The minimum atomic E-state index is -4.72. The molecule has 1 aromatic rings. The van der Waals surface area contributed by atoms with Crippen LogP contribution in [0, 0.1) is 11.3 Å². The molecule has 0 aromatic heterocycles. The fraction of sp³-hybridized carbons (Fsp3) is 0.364. The van der Waals surface area contributed by atoms with Gasteiger partial charge in [0.1, 0.15) is 11.9 Å². The van der Waals surface area contributed by atoms with E-state index in [1.54, 1.807) is 0 Å². The minimum absolute atomic E-state index is 0.0373. The van der Waals surface area contributed by atoms with Crippen LogP contribution in [0.5, 0.6) is 5.75 Å². The van der Waals surface area contributed by atoms with Crippen molar-refractivity contribution in [2.45, 2.75) is 18.4 Å². The molecular formula is C11H10F3NO3. The van der Waals surface area contributed by atoms with Crippen LogP contribution in [0.3, 0.4) is 0 Å². The van der Waals surface area contributed by atoms with Crippen LogP contribution in [0.25, 0.3) is 0 Å². The Morgan fingerprint density at radius 2 is 1.94 bits per heavy atom. The average Bonchev–Trinajstić information content (AvgIpc) is 2.35. The highest BCUT2D eigenvalue weighted by molar-refractivity contribution is 5.39. The maximum absolute atomic E-state index is 12.8. The zero-order valence-corrected chi connectivity index (χ0v) is 9.27. The Hall–Kier alpha value is -1.78. The molecule has 18 heavy (non-hydrogen) atoms. The van der Waals surface area contributed by atoms with Gasteiger partial charge in [0.15, 0.2) is 6.10 Å². The van der Waals surface area contributed by atoms with E-state index in [0.29, 0.717) is 6.07 Å². The lowest BCUT2D eigenvalue weighted by Crippen LogP contribution is -2.20. The van der Waals surface area contributed by atoms with Crippen LogP contribution in [-0.2, 0) is 6.18 Å². The summed E-state index contributed by atoms with van der Waals surface area (Å²) in [6.07, 6.45) is -8.59. The average molecular weight is 261 g/mol. The Morgan fingerprint density at radius 3 is 2.39 bits per heavy atom. The number of aliphatic hydroxyl groups excluding tert-OH is 2. The SMILES string of the molecule is COc1ccc(C(O)C(O)C#N)c(C(F)(F)F)c1. The van der Waals surface area contributed by atoms with Crippen LogP contribution < -0.4 is 4.74 Å². The zero-order valence-electron chi connectivity index (χ0n) is 9.27. The summed E-state index contributed by atoms with van der Waals surface area (Å²) in [4.78, 5) is 0. The molecular weight excluding hydrogens is 251 g/mol. The molecule has 0 saturated heterocycles. The van der Waals surface area contributed by atoms with Gasteiger partial charge in [-0.05, 0) is 17.7 Å². The van der Waals surface area contributed by atoms with E-state index < -0.39 is 29.5 Å². The Morgan fingerprint density at radius 1 is 1.33 bits per heavy atom. The Labute approximate surface area is 101 Å². The van der Waals surface area contributed by atoms with Crippen LogP contribution in [0.2, 0.25) is 0 Å². The number of methoxy groups -OCH3 is 1. The van der Waals surface area contributed by atoms with Gasteiger partial charge in [0.2, 0.25) is 0 Å². The topological polar surface area (TPSA) is 73.5 Å². The molecule has 0 heterocycles. The number of ether oxygens (including phenoxy) is 1. The Kier molecular flexibility index (Phi) is 4.16. The lowest BCUT2D eigenvalue weighted by Gasteiger charge is -2.19. The summed E-state index contributed by atoms with van der Waals surface area (Å²) in [5.41, 5.74) is -1.72. The van der Waals surface area contributed by atoms with Crippen molar-refractivity contribution >= 4 is 0 Å². The molecule has 0 radical (unpaired) electrons. The van der Waals surface area contributed by atoms with E-state index in [2.05, 4.69) is 4.74 Å². The van der Waals surface area contributed by atoms with E-state index in [-0.39, 0.29) is 5.75 Å². The predicted molar refractivity (Wildman–Crippen MR) is 54.6 cm³/mol. The molecule has 0 fully saturated rings. The van der Waals surface area contributed by atoms with Crippen molar-refractivity contribution in [2.75, 3.05) is 7.11 Å². The van der Waals surface area contributed by atoms with Crippen LogP contribution in [0.4, 0.5) is 13.2 Å². The van der Waals surface area contributed by atoms with E-state index in [4.69, 9.17) is 10.4 Å². The van der Waals surface area contributed by atoms with Crippen molar-refractivity contribution in [3.63, 3.8) is 0 Å². The first-order valence-electron chi connectivity index (χ1n) is 4.82. The number of alkyl halides is 3. The fourth-order valence-corrected chi connectivity index (χ4v) is 1.41. The van der Waals surface area contributed by atoms with E-state index in [1.165, 1.54) is 19.2 Å². The molecule has 0 spiro atoms. The molecule has 2 atom stereocenters. The first kappa shape index (κ1) is 14.3. The summed E-state index contributed by atoms with van der Waals surface area (Å²) in [5, 5.41) is 27.0. The van der Waals surface area contributed by atoms with Crippen LogP contribution in [-0.4, -0.2) is 23.4 Å². The molecule has 1 rings (SSSR count). The summed E-state index contributed by atoms with van der Waals surface area (Å²) < 4.78 is 42.9. The maximum atomic E-state index is 12.8. The first-order chi connectivity index (χ1) is 8.31.